The Balaban J connectivity index is 2.01. The van der Waals surface area contributed by atoms with Crippen LogP contribution >= 0.6 is 11.6 Å². The molecule has 0 unspecified atom stereocenters. The van der Waals surface area contributed by atoms with Gasteiger partial charge in [-0.3, -0.25) is 9.78 Å². The summed E-state index contributed by atoms with van der Waals surface area (Å²) in [5.41, 5.74) is 0.501. The molecular weight excluding hydrogens is 290 g/mol. The molecule has 2 aromatic heterocycles. The lowest BCUT2D eigenvalue weighted by Crippen LogP contribution is -2.45. The van der Waals surface area contributed by atoms with Crippen molar-refractivity contribution in [2.75, 3.05) is 38.1 Å². The molecule has 110 valence electrons. The zero-order chi connectivity index (χ0) is 14.8. The van der Waals surface area contributed by atoms with Gasteiger partial charge in [0, 0.05) is 44.1 Å². The predicted molar refractivity (Wildman–Crippen MR) is 82.8 cm³/mol. The summed E-state index contributed by atoms with van der Waals surface area (Å²) < 4.78 is 0. The van der Waals surface area contributed by atoms with E-state index in [9.17, 15) is 4.79 Å². The molecule has 1 aliphatic rings. The lowest BCUT2D eigenvalue weighted by molar-refractivity contribution is 0.312. The first-order chi connectivity index (χ1) is 10.1. The Bertz CT molecular complexity index is 680. The van der Waals surface area contributed by atoms with Gasteiger partial charge in [0.2, 0.25) is 0 Å². The van der Waals surface area contributed by atoms with E-state index in [1.807, 2.05) is 0 Å². The number of aromatic nitrogens is 3. The summed E-state index contributed by atoms with van der Waals surface area (Å²) in [5.74, 6) is 1.07. The molecule has 0 atom stereocenters. The minimum atomic E-state index is -0.313. The molecule has 1 aliphatic heterocycles. The molecule has 1 N–H and O–H groups in total. The third-order valence-electron chi connectivity index (χ3n) is 3.60. The van der Waals surface area contributed by atoms with E-state index < -0.39 is 0 Å². The normalized spacial score (nSPS) is 16.2. The zero-order valence-corrected chi connectivity index (χ0v) is 12.5. The van der Waals surface area contributed by atoms with Crippen LogP contribution in [0.25, 0.3) is 11.4 Å². The second kappa shape index (κ2) is 5.83. The first-order valence-corrected chi connectivity index (χ1v) is 7.16. The monoisotopic (exact) mass is 305 g/mol. The molecule has 0 spiro atoms. The van der Waals surface area contributed by atoms with E-state index in [0.717, 1.165) is 31.7 Å². The van der Waals surface area contributed by atoms with Crippen molar-refractivity contribution in [2.24, 2.45) is 0 Å². The first-order valence-electron chi connectivity index (χ1n) is 6.79. The molecule has 0 radical (unpaired) electrons. The lowest BCUT2D eigenvalue weighted by Gasteiger charge is -2.33. The highest BCUT2D eigenvalue weighted by Crippen LogP contribution is 2.23. The van der Waals surface area contributed by atoms with Crippen molar-refractivity contribution in [1.82, 2.24) is 19.9 Å². The third kappa shape index (κ3) is 2.91. The van der Waals surface area contributed by atoms with E-state index in [4.69, 9.17) is 11.6 Å². The number of hydrogen-bond donors (Lipinski definition) is 1. The maximum absolute atomic E-state index is 12.1. The van der Waals surface area contributed by atoms with E-state index in [1.54, 1.807) is 24.5 Å². The number of halogens is 1. The summed E-state index contributed by atoms with van der Waals surface area (Å²) in [7, 11) is 2.08. The van der Waals surface area contributed by atoms with Crippen LogP contribution in [-0.2, 0) is 0 Å². The molecule has 7 heteroatoms. The van der Waals surface area contributed by atoms with Crippen molar-refractivity contribution in [1.29, 1.82) is 0 Å². The molecule has 1 fully saturated rings. The van der Waals surface area contributed by atoms with Gasteiger partial charge in [-0.25, -0.2) is 4.98 Å². The Morgan fingerprint density at radius 3 is 2.52 bits per heavy atom. The molecule has 6 nitrogen and oxygen atoms in total. The summed E-state index contributed by atoms with van der Waals surface area (Å²) in [6.07, 6.45) is 3.33. The van der Waals surface area contributed by atoms with Gasteiger partial charge in [0.05, 0.1) is 0 Å². The molecule has 3 heterocycles. The van der Waals surface area contributed by atoms with Crippen LogP contribution in [0.3, 0.4) is 0 Å². The van der Waals surface area contributed by atoms with E-state index >= 15 is 0 Å². The number of likely N-dealkylation sites (N-methyl/N-ethyl adjacent to an activating group) is 1. The van der Waals surface area contributed by atoms with Crippen LogP contribution in [0.4, 0.5) is 5.82 Å². The maximum Gasteiger partial charge on any atom is 0.272 e. The Hall–Kier alpha value is -1.92. The van der Waals surface area contributed by atoms with Crippen LogP contribution in [0.1, 0.15) is 0 Å². The number of piperazine rings is 1. The van der Waals surface area contributed by atoms with Gasteiger partial charge in [0.1, 0.15) is 10.8 Å². The smallest absolute Gasteiger partial charge is 0.272 e. The van der Waals surface area contributed by atoms with Gasteiger partial charge in [-0.1, -0.05) is 11.6 Å². The second-order valence-corrected chi connectivity index (χ2v) is 5.46. The van der Waals surface area contributed by atoms with Gasteiger partial charge in [-0.05, 0) is 19.2 Å². The molecular formula is C14H16ClN5O. The summed E-state index contributed by atoms with van der Waals surface area (Å²) in [6, 6.07) is 3.61. The predicted octanol–water partition coefficient (Wildman–Crippen LogP) is 1.24. The standard InChI is InChI=1S/C14H16ClN5O/c1-19-6-8-20(9-7-19)13-11(15)14(21)18-12(17-13)10-2-4-16-5-3-10/h2-5H,6-9H2,1H3,(H,17,18,21). The number of pyridine rings is 1. The second-order valence-electron chi connectivity index (χ2n) is 5.08. The Morgan fingerprint density at radius 1 is 1.19 bits per heavy atom. The van der Waals surface area contributed by atoms with Crippen molar-refractivity contribution in [2.45, 2.75) is 0 Å². The largest absolute Gasteiger partial charge is 0.353 e. The van der Waals surface area contributed by atoms with Gasteiger partial charge >= 0.3 is 0 Å². The minimum absolute atomic E-state index is 0.150. The molecule has 3 rings (SSSR count). The van der Waals surface area contributed by atoms with Crippen LogP contribution in [0, 0.1) is 0 Å². The molecule has 2 aromatic rings. The molecule has 0 saturated carbocycles. The van der Waals surface area contributed by atoms with Gasteiger partial charge in [-0.2, -0.15) is 0 Å². The average molecular weight is 306 g/mol. The van der Waals surface area contributed by atoms with E-state index in [1.165, 1.54) is 0 Å². The van der Waals surface area contributed by atoms with Crippen molar-refractivity contribution in [3.05, 3.63) is 39.9 Å². The third-order valence-corrected chi connectivity index (χ3v) is 3.94. The zero-order valence-electron chi connectivity index (χ0n) is 11.7. The van der Waals surface area contributed by atoms with Gasteiger partial charge < -0.3 is 14.8 Å². The van der Waals surface area contributed by atoms with Crippen LogP contribution in [0.2, 0.25) is 5.02 Å². The number of nitrogens with zero attached hydrogens (tertiary/aromatic N) is 4. The molecule has 21 heavy (non-hydrogen) atoms. The van der Waals surface area contributed by atoms with E-state index in [-0.39, 0.29) is 10.6 Å². The van der Waals surface area contributed by atoms with Crippen molar-refractivity contribution >= 4 is 17.4 Å². The number of aromatic amines is 1. The number of rotatable bonds is 2. The molecule has 0 bridgehead atoms. The van der Waals surface area contributed by atoms with Crippen LogP contribution in [0.15, 0.2) is 29.3 Å². The molecule has 0 aliphatic carbocycles. The average Bonchev–Trinajstić information content (AvgIpc) is 2.52. The summed E-state index contributed by atoms with van der Waals surface area (Å²) in [5, 5.41) is 0.150. The Kier molecular flexibility index (Phi) is 3.90. The van der Waals surface area contributed by atoms with Crippen molar-refractivity contribution in [3.8, 4) is 11.4 Å². The number of nitrogens with one attached hydrogen (secondary N) is 1. The lowest BCUT2D eigenvalue weighted by atomic mass is 10.2. The van der Waals surface area contributed by atoms with Crippen LogP contribution in [0.5, 0.6) is 0 Å². The van der Waals surface area contributed by atoms with Gasteiger partial charge in [0.25, 0.3) is 5.56 Å². The van der Waals surface area contributed by atoms with E-state index in [0.29, 0.717) is 11.6 Å². The first kappa shape index (κ1) is 14.0. The number of anilines is 1. The van der Waals surface area contributed by atoms with Crippen LogP contribution in [-0.4, -0.2) is 53.1 Å². The fraction of sp³-hybridized carbons (Fsp3) is 0.357. The Morgan fingerprint density at radius 2 is 1.86 bits per heavy atom. The molecule has 0 aromatic carbocycles. The topological polar surface area (TPSA) is 65.1 Å². The SMILES string of the molecule is CN1CCN(c2nc(-c3ccncc3)[nH]c(=O)c2Cl)CC1. The summed E-state index contributed by atoms with van der Waals surface area (Å²) in [6.45, 7) is 3.47. The van der Waals surface area contributed by atoms with Crippen LogP contribution < -0.4 is 10.5 Å². The quantitative estimate of drug-likeness (QED) is 0.904. The molecule has 0 amide bonds. The fourth-order valence-corrected chi connectivity index (χ4v) is 2.53. The van der Waals surface area contributed by atoms with Crippen molar-refractivity contribution in [3.63, 3.8) is 0 Å². The molecule has 1 saturated heterocycles. The highest BCUT2D eigenvalue weighted by atomic mass is 35.5. The Labute approximate surface area is 127 Å². The fourth-order valence-electron chi connectivity index (χ4n) is 2.32. The highest BCUT2D eigenvalue weighted by Gasteiger charge is 2.20. The summed E-state index contributed by atoms with van der Waals surface area (Å²) in [4.78, 5) is 27.6. The summed E-state index contributed by atoms with van der Waals surface area (Å²) >= 11 is 6.15. The number of H-pyrrole nitrogens is 1. The highest BCUT2D eigenvalue weighted by molar-refractivity contribution is 6.32. The van der Waals surface area contributed by atoms with Gasteiger partial charge in [-0.15, -0.1) is 0 Å². The van der Waals surface area contributed by atoms with E-state index in [2.05, 4.69) is 31.8 Å². The number of hydrogen-bond acceptors (Lipinski definition) is 5. The van der Waals surface area contributed by atoms with Crippen molar-refractivity contribution < 1.29 is 0 Å². The minimum Gasteiger partial charge on any atom is -0.353 e. The maximum atomic E-state index is 12.1. The van der Waals surface area contributed by atoms with Gasteiger partial charge in [0.15, 0.2) is 5.82 Å².